The molecule has 0 aliphatic rings. The van der Waals surface area contributed by atoms with Crippen molar-refractivity contribution in [2.24, 2.45) is 0 Å². The Balaban J connectivity index is 1.37. The first-order valence-corrected chi connectivity index (χ1v) is 10.7. The molecular weight excluding hydrogens is 401 g/mol. The van der Waals surface area contributed by atoms with Gasteiger partial charge in [0, 0.05) is 17.7 Å². The van der Waals surface area contributed by atoms with Crippen molar-refractivity contribution >= 4 is 11.8 Å². The molecule has 154 valence electrons. The summed E-state index contributed by atoms with van der Waals surface area (Å²) in [6.07, 6.45) is 1.49. The Bertz CT molecular complexity index is 1170. The summed E-state index contributed by atoms with van der Waals surface area (Å²) in [4.78, 5) is 4.39. The Morgan fingerprint density at radius 1 is 1.03 bits per heavy atom. The third-order valence-electron chi connectivity index (χ3n) is 4.82. The Hall–Kier alpha value is -3.00. The molecule has 30 heavy (non-hydrogen) atoms. The third kappa shape index (κ3) is 4.28. The van der Waals surface area contributed by atoms with Crippen LogP contribution in [0.25, 0.3) is 17.1 Å². The summed E-state index contributed by atoms with van der Waals surface area (Å²) in [7, 11) is 0. The van der Waals surface area contributed by atoms with Gasteiger partial charge in [0.2, 0.25) is 11.7 Å². The van der Waals surface area contributed by atoms with E-state index in [0.29, 0.717) is 29.3 Å². The lowest BCUT2D eigenvalue weighted by atomic mass is 10.1. The van der Waals surface area contributed by atoms with Crippen molar-refractivity contribution in [1.82, 2.24) is 24.9 Å². The number of hydrogen-bond acceptors (Lipinski definition) is 6. The van der Waals surface area contributed by atoms with Gasteiger partial charge in [0.05, 0.1) is 5.69 Å². The van der Waals surface area contributed by atoms with Gasteiger partial charge < -0.3 is 4.52 Å². The lowest BCUT2D eigenvalue weighted by Crippen LogP contribution is -2.01. The van der Waals surface area contributed by atoms with Crippen molar-refractivity contribution in [3.8, 4) is 17.1 Å². The minimum absolute atomic E-state index is 0.275. The van der Waals surface area contributed by atoms with Crippen LogP contribution in [0.3, 0.4) is 0 Å². The highest BCUT2D eigenvalue weighted by Gasteiger charge is 2.14. The highest BCUT2D eigenvalue weighted by molar-refractivity contribution is 7.99. The first kappa shape index (κ1) is 20.3. The molecule has 2 heterocycles. The molecule has 2 aromatic carbocycles. The zero-order valence-electron chi connectivity index (χ0n) is 17.1. The summed E-state index contributed by atoms with van der Waals surface area (Å²) in [5, 5.41) is 13.4. The molecule has 0 unspecified atom stereocenters. The van der Waals surface area contributed by atoms with Gasteiger partial charge in [-0.1, -0.05) is 47.3 Å². The zero-order valence-corrected chi connectivity index (χ0v) is 17.9. The number of nitrogens with zero attached hydrogens (tertiary/aromatic N) is 5. The van der Waals surface area contributed by atoms with Crippen molar-refractivity contribution in [1.29, 1.82) is 0 Å². The van der Waals surface area contributed by atoms with E-state index in [1.165, 1.54) is 11.6 Å². The van der Waals surface area contributed by atoms with Crippen molar-refractivity contribution < 1.29 is 8.91 Å². The molecule has 0 fully saturated rings. The molecule has 0 saturated carbocycles. The Labute approximate surface area is 178 Å². The van der Waals surface area contributed by atoms with Crippen LogP contribution in [0, 0.1) is 26.6 Å². The van der Waals surface area contributed by atoms with Gasteiger partial charge in [-0.15, -0.1) is 10.2 Å². The highest BCUT2D eigenvalue weighted by atomic mass is 32.2. The second kappa shape index (κ2) is 8.79. The Morgan fingerprint density at radius 3 is 2.67 bits per heavy atom. The first-order valence-electron chi connectivity index (χ1n) is 9.73. The van der Waals surface area contributed by atoms with Crippen molar-refractivity contribution in [2.75, 3.05) is 5.75 Å². The van der Waals surface area contributed by atoms with Gasteiger partial charge in [-0.25, -0.2) is 4.39 Å². The fourth-order valence-corrected chi connectivity index (χ4v) is 4.05. The van der Waals surface area contributed by atoms with Gasteiger partial charge in [-0.3, -0.25) is 4.57 Å². The van der Waals surface area contributed by atoms with Gasteiger partial charge in [-0.05, 0) is 50.5 Å². The second-order valence-corrected chi connectivity index (χ2v) is 8.14. The van der Waals surface area contributed by atoms with Crippen LogP contribution in [0.1, 0.15) is 29.3 Å². The minimum atomic E-state index is -0.275. The molecule has 0 atom stereocenters. The number of hydrogen-bond donors (Lipinski definition) is 0. The lowest BCUT2D eigenvalue weighted by Gasteiger charge is -2.10. The summed E-state index contributed by atoms with van der Waals surface area (Å²) < 4.78 is 21.2. The summed E-state index contributed by atoms with van der Waals surface area (Å²) in [6, 6.07) is 13.1. The molecule has 2 aromatic heterocycles. The van der Waals surface area contributed by atoms with Crippen LogP contribution in [0.15, 0.2) is 52.1 Å². The van der Waals surface area contributed by atoms with Crippen LogP contribution in [-0.4, -0.2) is 30.7 Å². The summed E-state index contributed by atoms with van der Waals surface area (Å²) in [5.74, 6) is 2.37. The molecule has 0 spiro atoms. The van der Waals surface area contributed by atoms with Gasteiger partial charge in [0.25, 0.3) is 0 Å². The van der Waals surface area contributed by atoms with Crippen LogP contribution >= 0.6 is 11.8 Å². The molecule has 0 radical (unpaired) electrons. The number of aryl methyl sites for hydroxylation is 4. The monoisotopic (exact) mass is 423 g/mol. The second-order valence-electron chi connectivity index (χ2n) is 7.08. The standard InChI is InChI=1S/C22H22FN5OS/c1-14-10-11-17(13-18(14)23)21-24-20(29-27-21)9-6-12-30-22-26-25-16(3)28(22)19-8-5-4-7-15(19)2/h4-5,7-8,10-11,13H,6,9,12H2,1-3H3. The van der Waals surface area contributed by atoms with Crippen molar-refractivity contribution in [2.45, 2.75) is 38.8 Å². The number of thioether (sulfide) groups is 1. The van der Waals surface area contributed by atoms with Gasteiger partial charge in [-0.2, -0.15) is 4.98 Å². The lowest BCUT2D eigenvalue weighted by molar-refractivity contribution is 0.378. The van der Waals surface area contributed by atoms with E-state index in [1.807, 2.05) is 19.1 Å². The molecule has 0 aliphatic carbocycles. The molecule has 0 saturated heterocycles. The number of benzene rings is 2. The van der Waals surface area contributed by atoms with Crippen LogP contribution < -0.4 is 0 Å². The van der Waals surface area contributed by atoms with Crippen LogP contribution in [-0.2, 0) is 6.42 Å². The molecule has 0 amide bonds. The summed E-state index contributed by atoms with van der Waals surface area (Å²) in [5.41, 5.74) is 3.47. The largest absolute Gasteiger partial charge is 0.339 e. The summed E-state index contributed by atoms with van der Waals surface area (Å²) in [6.45, 7) is 5.76. The normalized spacial score (nSPS) is 11.2. The quantitative estimate of drug-likeness (QED) is 0.304. The average molecular weight is 424 g/mol. The Morgan fingerprint density at radius 2 is 1.87 bits per heavy atom. The smallest absolute Gasteiger partial charge is 0.226 e. The molecule has 8 heteroatoms. The van der Waals surface area contributed by atoms with E-state index in [2.05, 4.69) is 44.0 Å². The van der Waals surface area contributed by atoms with E-state index in [0.717, 1.165) is 28.8 Å². The van der Waals surface area contributed by atoms with E-state index < -0.39 is 0 Å². The molecular formula is C22H22FN5OS. The predicted octanol–water partition coefficient (Wildman–Crippen LogP) is 5.11. The molecule has 0 aliphatic heterocycles. The van der Waals surface area contributed by atoms with E-state index in [-0.39, 0.29) is 5.82 Å². The molecule has 4 rings (SSSR count). The van der Waals surface area contributed by atoms with E-state index in [4.69, 9.17) is 4.52 Å². The fourth-order valence-electron chi connectivity index (χ4n) is 3.12. The van der Waals surface area contributed by atoms with Crippen LogP contribution in [0.5, 0.6) is 0 Å². The maximum absolute atomic E-state index is 13.8. The summed E-state index contributed by atoms with van der Waals surface area (Å²) >= 11 is 1.65. The highest BCUT2D eigenvalue weighted by Crippen LogP contribution is 2.25. The van der Waals surface area contributed by atoms with Crippen LogP contribution in [0.2, 0.25) is 0 Å². The molecule has 0 N–H and O–H groups in total. The average Bonchev–Trinajstić information content (AvgIpc) is 3.35. The SMILES string of the molecule is Cc1ccc(-c2noc(CCCSc3nnc(C)n3-c3ccccc3C)n2)cc1F. The topological polar surface area (TPSA) is 69.6 Å². The molecule has 0 bridgehead atoms. The predicted molar refractivity (Wildman–Crippen MR) is 114 cm³/mol. The van der Waals surface area contributed by atoms with Crippen molar-refractivity contribution in [3.63, 3.8) is 0 Å². The maximum Gasteiger partial charge on any atom is 0.226 e. The van der Waals surface area contributed by atoms with Crippen LogP contribution in [0.4, 0.5) is 4.39 Å². The van der Waals surface area contributed by atoms with Gasteiger partial charge in [0.1, 0.15) is 11.6 Å². The fraction of sp³-hybridized carbons (Fsp3) is 0.273. The van der Waals surface area contributed by atoms with Gasteiger partial charge >= 0.3 is 0 Å². The number of halogens is 1. The first-order chi connectivity index (χ1) is 14.5. The third-order valence-corrected chi connectivity index (χ3v) is 5.83. The van der Waals surface area contributed by atoms with E-state index in [1.54, 1.807) is 30.8 Å². The molecule has 4 aromatic rings. The minimum Gasteiger partial charge on any atom is -0.339 e. The number of rotatable bonds is 7. The molecule has 6 nitrogen and oxygen atoms in total. The Kier molecular flexibility index (Phi) is 5.94. The number of aromatic nitrogens is 5. The van der Waals surface area contributed by atoms with Crippen molar-refractivity contribution in [3.05, 3.63) is 71.1 Å². The zero-order chi connectivity index (χ0) is 21.1. The van der Waals surface area contributed by atoms with Gasteiger partial charge in [0.15, 0.2) is 5.16 Å². The van der Waals surface area contributed by atoms with E-state index in [9.17, 15) is 4.39 Å². The maximum atomic E-state index is 13.8. The van der Waals surface area contributed by atoms with E-state index >= 15 is 0 Å². The number of para-hydroxylation sites is 1.